The van der Waals surface area contributed by atoms with Gasteiger partial charge in [-0.05, 0) is 13.8 Å². The van der Waals surface area contributed by atoms with Gasteiger partial charge in [-0.2, -0.15) is 0 Å². The van der Waals surface area contributed by atoms with Crippen molar-refractivity contribution in [2.45, 2.75) is 20.0 Å². The third kappa shape index (κ3) is 15.1. The smallest absolute Gasteiger partial charge is 0.332 e. The quantitative estimate of drug-likeness (QED) is 0.312. The van der Waals surface area contributed by atoms with Crippen molar-refractivity contribution < 1.29 is 47.0 Å². The van der Waals surface area contributed by atoms with Gasteiger partial charge in [-0.25, -0.2) is 4.79 Å². The maximum absolute atomic E-state index is 10.2. The molecule has 0 spiro atoms. The van der Waals surface area contributed by atoms with Crippen LogP contribution in [0.4, 0.5) is 0 Å². The van der Waals surface area contributed by atoms with Gasteiger partial charge in [0.2, 0.25) is 0 Å². The molecule has 1 atom stereocenters. The monoisotopic (exact) mass is 262 g/mol. The molecule has 0 saturated carbocycles. The molecular weight excluding hydrogens is 245 g/mol. The maximum Gasteiger partial charge on any atom is 0.332 e. The number of carbonyl (C=O) groups excluding carboxylic acids is 1. The standard InChI is InChI=1S/C5H8O2.C3H6O.CH3.Y/c1-4(2)5(6)7-3;1-3-2-4-3;;/h1H2,2-3H3;3H,2H2,1H3;1H3;/q;;-1;. The first kappa shape index (κ1) is 18.9. The molecule has 1 unspecified atom stereocenters. The van der Waals surface area contributed by atoms with Crippen molar-refractivity contribution in [1.29, 1.82) is 0 Å². The van der Waals surface area contributed by atoms with Gasteiger partial charge < -0.3 is 16.9 Å². The van der Waals surface area contributed by atoms with Crippen LogP contribution in [-0.2, 0) is 47.0 Å². The average Bonchev–Trinajstić information content (AvgIpc) is 2.71. The summed E-state index contributed by atoms with van der Waals surface area (Å²) >= 11 is 0. The van der Waals surface area contributed by atoms with Crippen LogP contribution in [0.3, 0.4) is 0 Å². The van der Waals surface area contributed by atoms with E-state index in [0.29, 0.717) is 11.7 Å². The minimum atomic E-state index is -0.347. The molecule has 1 heterocycles. The second-order valence-corrected chi connectivity index (χ2v) is 2.42. The number of hydrogen-bond acceptors (Lipinski definition) is 3. The van der Waals surface area contributed by atoms with Gasteiger partial charge in [0.1, 0.15) is 0 Å². The van der Waals surface area contributed by atoms with E-state index in [4.69, 9.17) is 4.74 Å². The summed E-state index contributed by atoms with van der Waals surface area (Å²) in [6.45, 7) is 8.00. The van der Waals surface area contributed by atoms with Crippen molar-refractivity contribution in [3.8, 4) is 0 Å². The van der Waals surface area contributed by atoms with Crippen LogP contribution >= 0.6 is 0 Å². The number of esters is 1. The van der Waals surface area contributed by atoms with Crippen molar-refractivity contribution in [1.82, 2.24) is 0 Å². The molecule has 0 aliphatic carbocycles. The van der Waals surface area contributed by atoms with E-state index >= 15 is 0 Å². The summed E-state index contributed by atoms with van der Waals surface area (Å²) in [5.41, 5.74) is 0.433. The fraction of sp³-hybridized carbons (Fsp3) is 0.556. The van der Waals surface area contributed by atoms with E-state index in [2.05, 4.69) is 18.2 Å². The normalized spacial score (nSPS) is 16.4. The van der Waals surface area contributed by atoms with Crippen LogP contribution in [0.25, 0.3) is 0 Å². The Bertz CT molecular complexity index is 153. The molecule has 0 N–H and O–H groups in total. The van der Waals surface area contributed by atoms with E-state index in [-0.39, 0.29) is 46.1 Å². The zero-order chi connectivity index (χ0) is 8.85. The largest absolute Gasteiger partial charge is 0.466 e. The first-order valence-corrected chi connectivity index (χ1v) is 3.43. The molecule has 1 rings (SSSR count). The first-order valence-electron chi connectivity index (χ1n) is 3.43. The first-order chi connectivity index (χ1) is 5.07. The molecule has 3 nitrogen and oxygen atoms in total. The van der Waals surface area contributed by atoms with Gasteiger partial charge in [-0.15, -0.1) is 0 Å². The summed E-state index contributed by atoms with van der Waals surface area (Å²) in [6, 6.07) is 0. The Kier molecular flexibility index (Phi) is 15.1. The number of rotatable bonds is 1. The number of hydrogen-bond donors (Lipinski definition) is 0. The predicted octanol–water partition coefficient (Wildman–Crippen LogP) is 1.59. The molecule has 75 valence electrons. The van der Waals surface area contributed by atoms with Gasteiger partial charge in [-0.3, -0.25) is 0 Å². The summed E-state index contributed by atoms with van der Waals surface area (Å²) in [5, 5.41) is 0. The Morgan fingerprint density at radius 3 is 1.92 bits per heavy atom. The fourth-order valence-corrected chi connectivity index (χ4v) is 0.270. The van der Waals surface area contributed by atoms with Gasteiger partial charge in [0, 0.05) is 38.3 Å². The van der Waals surface area contributed by atoms with Gasteiger partial charge in [0.05, 0.1) is 19.8 Å². The van der Waals surface area contributed by atoms with Crippen LogP contribution in [0.15, 0.2) is 12.2 Å². The van der Waals surface area contributed by atoms with Crippen LogP contribution in [0.2, 0.25) is 0 Å². The van der Waals surface area contributed by atoms with Crippen LogP contribution < -0.4 is 0 Å². The van der Waals surface area contributed by atoms with E-state index in [1.807, 2.05) is 0 Å². The van der Waals surface area contributed by atoms with Crippen molar-refractivity contribution in [3.05, 3.63) is 19.6 Å². The molecule has 1 aliphatic rings. The van der Waals surface area contributed by atoms with E-state index in [1.165, 1.54) is 7.11 Å². The van der Waals surface area contributed by atoms with Crippen LogP contribution in [0.1, 0.15) is 13.8 Å². The molecule has 0 amide bonds. The van der Waals surface area contributed by atoms with Crippen LogP contribution in [0.5, 0.6) is 0 Å². The van der Waals surface area contributed by atoms with Crippen LogP contribution in [0, 0.1) is 7.43 Å². The Labute approximate surface area is 106 Å². The summed E-state index contributed by atoms with van der Waals surface area (Å²) in [5.74, 6) is -0.347. The molecular formula is C9H17O3Y-. The van der Waals surface area contributed by atoms with E-state index in [0.717, 1.165) is 6.61 Å². The van der Waals surface area contributed by atoms with Gasteiger partial charge in [-0.1, -0.05) is 6.58 Å². The van der Waals surface area contributed by atoms with Crippen molar-refractivity contribution in [2.75, 3.05) is 13.7 Å². The molecule has 1 aliphatic heterocycles. The molecule has 1 radical (unpaired) electrons. The van der Waals surface area contributed by atoms with Crippen LogP contribution in [-0.4, -0.2) is 25.8 Å². The second kappa shape index (κ2) is 10.4. The summed E-state index contributed by atoms with van der Waals surface area (Å²) in [6.07, 6.45) is 0.583. The Balaban J connectivity index is -0.000000144. The fourth-order valence-electron chi connectivity index (χ4n) is 0.270. The molecule has 13 heavy (non-hydrogen) atoms. The number of epoxide rings is 1. The van der Waals surface area contributed by atoms with E-state index in [9.17, 15) is 4.79 Å². The zero-order valence-corrected chi connectivity index (χ0v) is 11.6. The molecule has 0 bridgehead atoms. The van der Waals surface area contributed by atoms with Gasteiger partial charge in [0.25, 0.3) is 0 Å². The molecule has 0 aromatic rings. The minimum absolute atomic E-state index is 0. The molecule has 0 aromatic carbocycles. The van der Waals surface area contributed by atoms with E-state index < -0.39 is 0 Å². The van der Waals surface area contributed by atoms with Crippen molar-refractivity contribution in [3.63, 3.8) is 0 Å². The third-order valence-corrected chi connectivity index (χ3v) is 1.03. The molecule has 4 heteroatoms. The summed E-state index contributed by atoms with van der Waals surface area (Å²) in [7, 11) is 1.33. The Morgan fingerprint density at radius 1 is 1.62 bits per heavy atom. The van der Waals surface area contributed by atoms with Crippen molar-refractivity contribution in [2.24, 2.45) is 0 Å². The minimum Gasteiger partial charge on any atom is -0.466 e. The van der Waals surface area contributed by atoms with E-state index in [1.54, 1.807) is 6.92 Å². The average molecular weight is 262 g/mol. The second-order valence-electron chi connectivity index (χ2n) is 2.42. The third-order valence-electron chi connectivity index (χ3n) is 1.03. The number of methoxy groups -OCH3 is 1. The molecule has 1 fully saturated rings. The SMILES string of the molecule is C=C(C)C(=O)OC.CC1CO1.[CH3-].[Y]. The van der Waals surface area contributed by atoms with Gasteiger partial charge >= 0.3 is 5.97 Å². The predicted molar refractivity (Wildman–Crippen MR) is 48.7 cm³/mol. The topological polar surface area (TPSA) is 38.8 Å². The Hall–Kier alpha value is 0.274. The van der Waals surface area contributed by atoms with Gasteiger partial charge in [0.15, 0.2) is 0 Å². The summed E-state index contributed by atoms with van der Waals surface area (Å²) in [4.78, 5) is 10.2. The Morgan fingerprint density at radius 2 is 1.92 bits per heavy atom. The van der Waals surface area contributed by atoms with Crippen molar-refractivity contribution >= 4 is 5.97 Å². The maximum atomic E-state index is 10.2. The molecule has 1 saturated heterocycles. The molecule has 0 aromatic heterocycles. The zero-order valence-electron chi connectivity index (χ0n) is 8.79. The number of ether oxygens (including phenoxy) is 2. The summed E-state index contributed by atoms with van der Waals surface area (Å²) < 4.78 is 8.98. The number of carbonyl (C=O) groups is 1.